The van der Waals surface area contributed by atoms with Gasteiger partial charge in [-0.15, -0.1) is 0 Å². The van der Waals surface area contributed by atoms with Gasteiger partial charge in [0.25, 0.3) is 0 Å². The Hall–Kier alpha value is -2.29. The molecule has 1 unspecified atom stereocenters. The lowest BCUT2D eigenvalue weighted by Crippen LogP contribution is -2.37. The molecule has 312 valence electrons. The number of esters is 2. The van der Waals surface area contributed by atoms with E-state index in [9.17, 15) is 19.0 Å². The topological polar surface area (TPSA) is 108 Å². The molecule has 0 aliphatic carbocycles. The number of hydrogen-bond donors (Lipinski definition) is 1. The number of carbonyl (C=O) groups is 2. The first-order valence-electron chi connectivity index (χ1n) is 21.0. The molecule has 10 heteroatoms. The fraction of sp³-hybridized carbons (Fsp3) is 0.727. The van der Waals surface area contributed by atoms with E-state index in [1.54, 1.807) is 0 Å². The summed E-state index contributed by atoms with van der Waals surface area (Å²) in [4.78, 5) is 35.2. The van der Waals surface area contributed by atoms with Crippen LogP contribution in [0.5, 0.6) is 0 Å². The largest absolute Gasteiger partial charge is 0.472 e. The molecule has 0 aromatic heterocycles. The number of rotatable bonds is 37. The van der Waals surface area contributed by atoms with Gasteiger partial charge in [-0.05, 0) is 64.2 Å². The molecule has 9 nitrogen and oxygen atoms in total. The van der Waals surface area contributed by atoms with Gasteiger partial charge >= 0.3 is 19.8 Å². The monoisotopic (exact) mass is 781 g/mol. The smallest absolute Gasteiger partial charge is 0.462 e. The van der Waals surface area contributed by atoms with Gasteiger partial charge in [-0.1, -0.05) is 139 Å². The van der Waals surface area contributed by atoms with Crippen molar-refractivity contribution in [2.75, 3.05) is 47.5 Å². The van der Waals surface area contributed by atoms with Gasteiger partial charge in [0.2, 0.25) is 0 Å². The number of allylic oxidation sites excluding steroid dienone is 10. The van der Waals surface area contributed by atoms with Crippen molar-refractivity contribution >= 4 is 19.8 Å². The Balaban J connectivity index is 4.51. The highest BCUT2D eigenvalue weighted by atomic mass is 31.2. The van der Waals surface area contributed by atoms with E-state index in [-0.39, 0.29) is 26.1 Å². The normalized spacial score (nSPS) is 14.3. The van der Waals surface area contributed by atoms with Crippen LogP contribution < -0.4 is 0 Å². The van der Waals surface area contributed by atoms with E-state index in [0.717, 1.165) is 51.4 Å². The summed E-state index contributed by atoms with van der Waals surface area (Å²) in [5.74, 6) is -0.909. The van der Waals surface area contributed by atoms with Gasteiger partial charge in [-0.25, -0.2) is 4.57 Å². The zero-order valence-corrected chi connectivity index (χ0v) is 35.8. The van der Waals surface area contributed by atoms with Crippen molar-refractivity contribution in [1.29, 1.82) is 0 Å². The van der Waals surface area contributed by atoms with Crippen LogP contribution in [-0.2, 0) is 32.7 Å². The number of hydrogen-bond acceptors (Lipinski definition) is 7. The summed E-state index contributed by atoms with van der Waals surface area (Å²) in [6, 6.07) is 0. The van der Waals surface area contributed by atoms with E-state index in [0.29, 0.717) is 23.9 Å². The highest BCUT2D eigenvalue weighted by Gasteiger charge is 2.27. The first kappa shape index (κ1) is 51.7. The van der Waals surface area contributed by atoms with Crippen molar-refractivity contribution in [2.45, 2.75) is 161 Å². The van der Waals surface area contributed by atoms with Crippen LogP contribution in [-0.4, -0.2) is 74.9 Å². The van der Waals surface area contributed by atoms with E-state index in [1.807, 2.05) is 27.2 Å². The van der Waals surface area contributed by atoms with Crippen LogP contribution in [0.4, 0.5) is 0 Å². The molecule has 0 spiro atoms. The predicted octanol–water partition coefficient (Wildman–Crippen LogP) is 11.7. The highest BCUT2D eigenvalue weighted by Crippen LogP contribution is 2.43. The average Bonchev–Trinajstić information content (AvgIpc) is 3.12. The molecule has 0 rings (SSSR count). The van der Waals surface area contributed by atoms with Gasteiger partial charge in [0.15, 0.2) is 6.10 Å². The zero-order chi connectivity index (χ0) is 40.0. The fourth-order valence-electron chi connectivity index (χ4n) is 5.26. The second-order valence-corrected chi connectivity index (χ2v) is 16.4. The van der Waals surface area contributed by atoms with Crippen molar-refractivity contribution in [3.8, 4) is 0 Å². The minimum atomic E-state index is -4.39. The molecule has 0 fully saturated rings. The quantitative estimate of drug-likeness (QED) is 0.0218. The summed E-state index contributed by atoms with van der Waals surface area (Å²) in [7, 11) is 1.42. The molecule has 0 aliphatic rings. The number of phosphoric ester groups is 1. The van der Waals surface area contributed by atoms with Crippen LogP contribution >= 0.6 is 7.82 Å². The Labute approximate surface area is 330 Å². The van der Waals surface area contributed by atoms with Crippen LogP contribution in [0.1, 0.15) is 155 Å². The second kappa shape index (κ2) is 36.4. The first-order valence-corrected chi connectivity index (χ1v) is 22.5. The van der Waals surface area contributed by atoms with Crippen LogP contribution in [0.15, 0.2) is 60.8 Å². The molecule has 0 bridgehead atoms. The maximum absolute atomic E-state index is 12.6. The third-order valence-corrected chi connectivity index (χ3v) is 9.53. The number of phosphoric acid groups is 1. The van der Waals surface area contributed by atoms with E-state index in [2.05, 4.69) is 68.5 Å². The minimum Gasteiger partial charge on any atom is -0.462 e. The SMILES string of the molecule is CC/C=C/C/C=C/C/C=C/C/C=C/CCCCC(=O)O[C@H](COC(=O)CC/C=C/CCCCCCCCCCCCC)COP(=O)(O)OCC[N+](C)(C)C. The maximum atomic E-state index is 12.6. The molecular formula is C44H79NO8P+. The summed E-state index contributed by atoms with van der Waals surface area (Å²) >= 11 is 0. The molecule has 1 N–H and O–H groups in total. The van der Waals surface area contributed by atoms with Gasteiger partial charge in [-0.2, -0.15) is 0 Å². The van der Waals surface area contributed by atoms with Gasteiger partial charge < -0.3 is 18.9 Å². The zero-order valence-electron chi connectivity index (χ0n) is 34.9. The summed E-state index contributed by atoms with van der Waals surface area (Å²) in [6.07, 6.45) is 42.9. The van der Waals surface area contributed by atoms with Gasteiger partial charge in [0.05, 0.1) is 27.7 Å². The van der Waals surface area contributed by atoms with Crippen LogP contribution in [0, 0.1) is 0 Å². The summed E-state index contributed by atoms with van der Waals surface area (Å²) in [5.41, 5.74) is 0. The number of unbranched alkanes of at least 4 members (excludes halogenated alkanes) is 13. The van der Waals surface area contributed by atoms with Crippen LogP contribution in [0.2, 0.25) is 0 Å². The number of quaternary nitrogens is 1. The van der Waals surface area contributed by atoms with Crippen molar-refractivity contribution in [3.05, 3.63) is 60.8 Å². The first-order chi connectivity index (χ1) is 26.0. The molecule has 54 heavy (non-hydrogen) atoms. The number of carbonyl (C=O) groups excluding carboxylic acids is 2. The van der Waals surface area contributed by atoms with Crippen LogP contribution in [0.25, 0.3) is 0 Å². The van der Waals surface area contributed by atoms with E-state index in [4.69, 9.17) is 18.5 Å². The van der Waals surface area contributed by atoms with Gasteiger partial charge in [-0.3, -0.25) is 18.6 Å². The summed E-state index contributed by atoms with van der Waals surface area (Å²) in [5, 5.41) is 0. The Bertz CT molecular complexity index is 1110. The molecule has 0 saturated carbocycles. The predicted molar refractivity (Wildman–Crippen MR) is 224 cm³/mol. The van der Waals surface area contributed by atoms with Crippen molar-refractivity contribution in [2.24, 2.45) is 0 Å². The lowest BCUT2D eigenvalue weighted by Gasteiger charge is -2.24. The molecular weight excluding hydrogens is 701 g/mol. The maximum Gasteiger partial charge on any atom is 0.472 e. The second-order valence-electron chi connectivity index (χ2n) is 15.0. The third-order valence-electron chi connectivity index (χ3n) is 8.55. The van der Waals surface area contributed by atoms with Crippen molar-refractivity contribution in [3.63, 3.8) is 0 Å². The third kappa shape index (κ3) is 39.4. The molecule has 0 radical (unpaired) electrons. The highest BCUT2D eigenvalue weighted by molar-refractivity contribution is 7.47. The number of likely N-dealkylation sites (N-methyl/N-ethyl adjacent to an activating group) is 1. The Kier molecular flexibility index (Phi) is 34.8. The Morgan fingerprint density at radius 3 is 1.67 bits per heavy atom. The van der Waals surface area contributed by atoms with Gasteiger partial charge in [0.1, 0.15) is 19.8 Å². The molecule has 0 aliphatic heterocycles. The molecule has 0 heterocycles. The fourth-order valence-corrected chi connectivity index (χ4v) is 6.00. The molecule has 2 atom stereocenters. The average molecular weight is 781 g/mol. The van der Waals surface area contributed by atoms with Gasteiger partial charge in [0, 0.05) is 12.8 Å². The molecule has 0 aromatic carbocycles. The minimum absolute atomic E-state index is 0.0166. The lowest BCUT2D eigenvalue weighted by atomic mass is 10.1. The van der Waals surface area contributed by atoms with Crippen molar-refractivity contribution in [1.82, 2.24) is 0 Å². The number of nitrogens with zero attached hydrogens (tertiary/aromatic N) is 1. The summed E-state index contributed by atoms with van der Waals surface area (Å²) in [6.45, 7) is 4.20. The number of ether oxygens (including phenoxy) is 2. The molecule has 0 amide bonds. The Morgan fingerprint density at radius 1 is 0.593 bits per heavy atom. The van der Waals surface area contributed by atoms with E-state index < -0.39 is 32.5 Å². The van der Waals surface area contributed by atoms with E-state index >= 15 is 0 Å². The van der Waals surface area contributed by atoms with E-state index in [1.165, 1.54) is 64.2 Å². The lowest BCUT2D eigenvalue weighted by molar-refractivity contribution is -0.870. The Morgan fingerprint density at radius 2 is 1.09 bits per heavy atom. The standard InChI is InChI=1S/C44H78NO8P/c1-6-8-10-12-14-16-18-20-22-24-26-28-30-32-34-36-43(46)50-40-42(41-52-54(48,49)51-39-38-45(3,4)5)53-44(47)37-35-33-31-29-27-25-23-21-19-17-15-13-11-9-7-2/h9,11,15,17,21,23,27,29-30,32,42H,6-8,10,12-14,16,18-20,22,24-26,28,31,33-41H2,1-5H3/p+1/b11-9+,17-15+,23-21+,29-27+,32-30+/t42-/m1/s1. The molecule has 0 aromatic rings. The molecule has 0 saturated heterocycles. The van der Waals surface area contributed by atoms with Crippen LogP contribution in [0.3, 0.4) is 0 Å². The van der Waals surface area contributed by atoms with Crippen molar-refractivity contribution < 1.29 is 42.1 Å². The summed E-state index contributed by atoms with van der Waals surface area (Å²) < 4.78 is 34.1.